The smallest absolute Gasteiger partial charge is 0.247 e. The molecule has 0 aliphatic rings. The Morgan fingerprint density at radius 2 is 1.94 bits per heavy atom. The van der Waals surface area contributed by atoms with E-state index in [1.54, 1.807) is 0 Å². The molecule has 1 aromatic carbocycles. The molecule has 0 heterocycles. The molecule has 0 saturated heterocycles. The fourth-order valence-corrected chi connectivity index (χ4v) is 1.17. The van der Waals surface area contributed by atoms with E-state index in [2.05, 4.69) is 5.32 Å². The minimum atomic E-state index is -1.36. The van der Waals surface area contributed by atoms with Gasteiger partial charge in [-0.15, -0.1) is 0 Å². The average Bonchev–Trinajstić information content (AvgIpc) is 2.25. The van der Waals surface area contributed by atoms with Crippen LogP contribution in [-0.2, 0) is 11.3 Å². The number of carbonyl (C=O) groups is 1. The van der Waals surface area contributed by atoms with Gasteiger partial charge in [-0.3, -0.25) is 4.79 Å². The largest absolute Gasteiger partial charge is 0.503 e. The highest BCUT2D eigenvalue weighted by molar-refractivity contribution is 5.78. The van der Waals surface area contributed by atoms with Crippen molar-refractivity contribution in [1.82, 2.24) is 5.32 Å². The molecule has 1 amide bonds. The fourth-order valence-electron chi connectivity index (χ4n) is 1.17. The zero-order valence-corrected chi connectivity index (χ0v) is 8.78. The molecule has 5 N–H and O–H groups in total. The molecule has 0 bridgehead atoms. The predicted octanol–water partition coefficient (Wildman–Crippen LogP) is -0.394. The number of hydrogen-bond donors (Lipinski definition) is 4. The van der Waals surface area contributed by atoms with Gasteiger partial charge in [0.1, 0.15) is 6.10 Å². The average molecular weight is 246 g/mol. The summed E-state index contributed by atoms with van der Waals surface area (Å²) in [5.74, 6) is -4.07. The van der Waals surface area contributed by atoms with Gasteiger partial charge in [-0.2, -0.15) is 0 Å². The molecule has 5 nitrogen and oxygen atoms in total. The Balaban J connectivity index is 2.56. The van der Waals surface area contributed by atoms with Gasteiger partial charge < -0.3 is 21.3 Å². The second-order valence-electron chi connectivity index (χ2n) is 3.46. The van der Waals surface area contributed by atoms with Crippen LogP contribution in [0.15, 0.2) is 12.1 Å². The predicted molar refractivity (Wildman–Crippen MR) is 54.9 cm³/mol. The molecule has 0 aliphatic heterocycles. The molecule has 1 atom stereocenters. The standard InChI is InChI=1S/C10H12F2N2O3/c11-6-1-5(2-7(12)9(6)16)3-14-4-8(15)10(13)17/h1-2,8,14-16H,3-4H2,(H2,13,17). The fraction of sp³-hybridized carbons (Fsp3) is 0.300. The Hall–Kier alpha value is -1.73. The summed E-state index contributed by atoms with van der Waals surface area (Å²) in [6.45, 7) is -0.0993. The number of rotatable bonds is 5. The third-order valence-electron chi connectivity index (χ3n) is 2.07. The Morgan fingerprint density at radius 3 is 2.41 bits per heavy atom. The summed E-state index contributed by atoms with van der Waals surface area (Å²) in [4.78, 5) is 10.5. The number of amides is 1. The second-order valence-corrected chi connectivity index (χ2v) is 3.46. The van der Waals surface area contributed by atoms with E-state index < -0.39 is 29.4 Å². The number of phenols is 1. The summed E-state index contributed by atoms with van der Waals surface area (Å²) in [5.41, 5.74) is 5.03. The van der Waals surface area contributed by atoms with Gasteiger partial charge in [0.2, 0.25) is 5.91 Å². The molecule has 17 heavy (non-hydrogen) atoms. The first-order valence-electron chi connectivity index (χ1n) is 4.76. The maximum absolute atomic E-state index is 12.9. The number of halogens is 2. The van der Waals surface area contributed by atoms with Gasteiger partial charge in [-0.05, 0) is 17.7 Å². The summed E-state index contributed by atoms with van der Waals surface area (Å²) in [7, 11) is 0. The Bertz CT molecular complexity index is 403. The number of nitrogens with two attached hydrogens (primary N) is 1. The quantitative estimate of drug-likeness (QED) is 0.568. The van der Waals surface area contributed by atoms with E-state index in [0.717, 1.165) is 12.1 Å². The van der Waals surface area contributed by atoms with Crippen LogP contribution in [0, 0.1) is 11.6 Å². The van der Waals surface area contributed by atoms with Crippen LogP contribution in [0.4, 0.5) is 8.78 Å². The number of primary amides is 1. The SMILES string of the molecule is NC(=O)C(O)CNCc1cc(F)c(O)c(F)c1. The Labute approximate surface area is 95.9 Å². The molecule has 0 spiro atoms. The zero-order chi connectivity index (χ0) is 13.0. The first-order valence-corrected chi connectivity index (χ1v) is 4.76. The highest BCUT2D eigenvalue weighted by atomic mass is 19.1. The molecule has 1 rings (SSSR count). The highest BCUT2D eigenvalue weighted by Gasteiger charge is 2.11. The number of nitrogens with one attached hydrogen (secondary N) is 1. The number of phenolic OH excluding ortho intramolecular Hbond substituents is 1. The van der Waals surface area contributed by atoms with Gasteiger partial charge in [0.25, 0.3) is 0 Å². The number of hydrogen-bond acceptors (Lipinski definition) is 4. The van der Waals surface area contributed by atoms with Gasteiger partial charge >= 0.3 is 0 Å². The Kier molecular flexibility index (Phi) is 4.36. The molecule has 0 radical (unpaired) electrons. The summed E-state index contributed by atoms with van der Waals surface area (Å²) in [6, 6.07) is 1.89. The van der Waals surface area contributed by atoms with Crippen LogP contribution in [-0.4, -0.2) is 28.8 Å². The van der Waals surface area contributed by atoms with Gasteiger partial charge in [0.05, 0.1) is 0 Å². The van der Waals surface area contributed by atoms with Crippen molar-refractivity contribution < 1.29 is 23.8 Å². The van der Waals surface area contributed by atoms with E-state index in [0.29, 0.717) is 0 Å². The van der Waals surface area contributed by atoms with E-state index in [-0.39, 0.29) is 18.7 Å². The van der Waals surface area contributed by atoms with Crippen LogP contribution >= 0.6 is 0 Å². The van der Waals surface area contributed by atoms with Crippen molar-refractivity contribution >= 4 is 5.91 Å². The lowest BCUT2D eigenvalue weighted by Crippen LogP contribution is -2.37. The van der Waals surface area contributed by atoms with Crippen molar-refractivity contribution in [1.29, 1.82) is 0 Å². The minimum absolute atomic E-state index is 0.0263. The lowest BCUT2D eigenvalue weighted by atomic mass is 10.2. The van der Waals surface area contributed by atoms with Crippen molar-refractivity contribution in [3.8, 4) is 5.75 Å². The van der Waals surface area contributed by atoms with Crippen molar-refractivity contribution in [2.75, 3.05) is 6.54 Å². The van der Waals surface area contributed by atoms with E-state index in [9.17, 15) is 13.6 Å². The topological polar surface area (TPSA) is 95.6 Å². The first-order chi connectivity index (χ1) is 7.91. The number of benzene rings is 1. The lowest BCUT2D eigenvalue weighted by molar-refractivity contribution is -0.125. The van der Waals surface area contributed by atoms with Crippen molar-refractivity contribution in [3.05, 3.63) is 29.3 Å². The van der Waals surface area contributed by atoms with E-state index in [1.807, 2.05) is 0 Å². The van der Waals surface area contributed by atoms with E-state index in [1.165, 1.54) is 0 Å². The van der Waals surface area contributed by atoms with Crippen molar-refractivity contribution in [2.45, 2.75) is 12.6 Å². The highest BCUT2D eigenvalue weighted by Crippen LogP contribution is 2.21. The van der Waals surface area contributed by atoms with Crippen LogP contribution in [0.1, 0.15) is 5.56 Å². The number of carbonyl (C=O) groups excluding carboxylic acids is 1. The van der Waals surface area contributed by atoms with Crippen LogP contribution < -0.4 is 11.1 Å². The van der Waals surface area contributed by atoms with Crippen molar-refractivity contribution in [2.24, 2.45) is 5.73 Å². The lowest BCUT2D eigenvalue weighted by Gasteiger charge is -2.09. The number of aliphatic hydroxyl groups is 1. The van der Waals surface area contributed by atoms with E-state index in [4.69, 9.17) is 15.9 Å². The van der Waals surface area contributed by atoms with Gasteiger partial charge in [0, 0.05) is 13.1 Å². The molecular weight excluding hydrogens is 234 g/mol. The third kappa shape index (κ3) is 3.65. The maximum atomic E-state index is 12.9. The minimum Gasteiger partial charge on any atom is -0.503 e. The first kappa shape index (κ1) is 13.3. The molecule has 0 saturated carbocycles. The van der Waals surface area contributed by atoms with Gasteiger partial charge in [-0.25, -0.2) is 8.78 Å². The summed E-state index contributed by atoms with van der Waals surface area (Å²) < 4.78 is 25.8. The molecule has 94 valence electrons. The summed E-state index contributed by atoms with van der Waals surface area (Å²) in [5, 5.41) is 20.5. The Morgan fingerprint density at radius 1 is 1.41 bits per heavy atom. The number of aliphatic hydroxyl groups excluding tert-OH is 1. The molecular formula is C10H12F2N2O3. The maximum Gasteiger partial charge on any atom is 0.247 e. The molecule has 0 aromatic heterocycles. The normalized spacial score (nSPS) is 12.4. The van der Waals surface area contributed by atoms with Crippen LogP contribution in [0.3, 0.4) is 0 Å². The van der Waals surface area contributed by atoms with Crippen LogP contribution in [0.25, 0.3) is 0 Å². The zero-order valence-electron chi connectivity index (χ0n) is 8.78. The second kappa shape index (κ2) is 5.55. The van der Waals surface area contributed by atoms with Gasteiger partial charge in [-0.1, -0.05) is 0 Å². The van der Waals surface area contributed by atoms with Crippen molar-refractivity contribution in [3.63, 3.8) is 0 Å². The van der Waals surface area contributed by atoms with Crippen LogP contribution in [0.2, 0.25) is 0 Å². The molecule has 1 unspecified atom stereocenters. The molecule has 0 aliphatic carbocycles. The molecule has 1 aromatic rings. The van der Waals surface area contributed by atoms with Crippen LogP contribution in [0.5, 0.6) is 5.75 Å². The summed E-state index contributed by atoms with van der Waals surface area (Å²) in [6.07, 6.45) is -1.36. The molecule has 7 heteroatoms. The third-order valence-corrected chi connectivity index (χ3v) is 2.07. The number of aromatic hydroxyl groups is 1. The molecule has 0 fully saturated rings. The monoisotopic (exact) mass is 246 g/mol. The van der Waals surface area contributed by atoms with Gasteiger partial charge in [0.15, 0.2) is 17.4 Å². The van der Waals surface area contributed by atoms with E-state index >= 15 is 0 Å². The summed E-state index contributed by atoms with van der Waals surface area (Å²) >= 11 is 0.